The molecule has 1 N–H and O–H groups in total. The van der Waals surface area contributed by atoms with E-state index in [1.165, 1.54) is 0 Å². The highest BCUT2D eigenvalue weighted by Crippen LogP contribution is 2.25. The van der Waals surface area contributed by atoms with Crippen LogP contribution in [0.4, 0.5) is 0 Å². The summed E-state index contributed by atoms with van der Waals surface area (Å²) in [5.41, 5.74) is 3.26. The number of ketones is 1. The van der Waals surface area contributed by atoms with Gasteiger partial charge in [0.2, 0.25) is 0 Å². The van der Waals surface area contributed by atoms with Crippen molar-refractivity contribution < 1.29 is 9.90 Å². The Balaban J connectivity index is 2.00. The Bertz CT molecular complexity index is 940. The molecule has 0 saturated heterocycles. The number of aliphatic hydroxyl groups excluding tert-OH is 1. The second-order valence-electron chi connectivity index (χ2n) is 5.58. The topological polar surface area (TPSA) is 68.0 Å². The van der Waals surface area contributed by atoms with Gasteiger partial charge in [-0.2, -0.15) is 0 Å². The lowest BCUT2D eigenvalue weighted by Crippen LogP contribution is -2.06. The number of hydrogen-bond acceptors (Lipinski definition) is 4. The second kappa shape index (κ2) is 7.47. The van der Waals surface area contributed by atoms with E-state index < -0.39 is 0 Å². The van der Waals surface area contributed by atoms with Gasteiger partial charge in [-0.25, -0.2) is 4.68 Å². The minimum absolute atomic E-state index is 0.0123. The average molecular weight is 421 g/mol. The van der Waals surface area contributed by atoms with Crippen LogP contribution in [0.5, 0.6) is 0 Å². The smallest absolute Gasteiger partial charge is 0.194 e. The molecule has 3 aromatic rings. The fraction of sp³-hybridized carbons (Fsp3) is 0.167. The van der Waals surface area contributed by atoms with E-state index in [-0.39, 0.29) is 12.4 Å². The lowest BCUT2D eigenvalue weighted by atomic mass is 9.98. The van der Waals surface area contributed by atoms with Crippen LogP contribution in [0.25, 0.3) is 5.69 Å². The van der Waals surface area contributed by atoms with Crippen molar-refractivity contribution in [3.05, 3.63) is 74.5 Å². The van der Waals surface area contributed by atoms with Crippen LogP contribution in [-0.4, -0.2) is 32.5 Å². The zero-order valence-electron chi connectivity index (χ0n) is 13.4. The van der Waals surface area contributed by atoms with Gasteiger partial charge in [-0.05, 0) is 42.8 Å². The Kier molecular flexibility index (Phi) is 5.32. The first-order chi connectivity index (χ1) is 12.0. The van der Waals surface area contributed by atoms with E-state index in [4.69, 9.17) is 16.7 Å². The zero-order chi connectivity index (χ0) is 18.0. The summed E-state index contributed by atoms with van der Waals surface area (Å²) in [4.78, 5) is 12.9. The molecule has 7 heteroatoms. The number of carbonyl (C=O) groups is 1. The molecule has 0 atom stereocenters. The Hall–Kier alpha value is -2.02. The summed E-state index contributed by atoms with van der Waals surface area (Å²) in [5.74, 6) is -0.146. The first-order valence-corrected chi connectivity index (χ1v) is 8.79. The van der Waals surface area contributed by atoms with E-state index in [2.05, 4.69) is 26.2 Å². The quantitative estimate of drug-likeness (QED) is 0.638. The van der Waals surface area contributed by atoms with Crippen LogP contribution in [0, 0.1) is 6.92 Å². The summed E-state index contributed by atoms with van der Waals surface area (Å²) in [6.45, 7) is 1.89. The number of rotatable bonds is 5. The Morgan fingerprint density at radius 3 is 2.76 bits per heavy atom. The third-order valence-electron chi connectivity index (χ3n) is 3.81. The lowest BCUT2D eigenvalue weighted by molar-refractivity contribution is 0.103. The molecular weight excluding hydrogens is 406 g/mol. The Morgan fingerprint density at radius 1 is 1.24 bits per heavy atom. The van der Waals surface area contributed by atoms with Gasteiger partial charge in [0.15, 0.2) is 5.78 Å². The van der Waals surface area contributed by atoms with Gasteiger partial charge in [0.25, 0.3) is 0 Å². The zero-order valence-corrected chi connectivity index (χ0v) is 15.8. The minimum atomic E-state index is -0.146. The molecule has 0 unspecified atom stereocenters. The van der Waals surface area contributed by atoms with Crippen LogP contribution in [0.2, 0.25) is 5.02 Å². The summed E-state index contributed by atoms with van der Waals surface area (Å²) >= 11 is 9.56. The van der Waals surface area contributed by atoms with Gasteiger partial charge in [-0.3, -0.25) is 4.79 Å². The van der Waals surface area contributed by atoms with Crippen molar-refractivity contribution in [1.29, 1.82) is 0 Å². The molecule has 0 spiro atoms. The molecule has 25 heavy (non-hydrogen) atoms. The molecule has 0 bridgehead atoms. The minimum Gasteiger partial charge on any atom is -0.396 e. The van der Waals surface area contributed by atoms with E-state index >= 15 is 0 Å². The van der Waals surface area contributed by atoms with Crippen molar-refractivity contribution in [1.82, 2.24) is 15.0 Å². The number of carbonyl (C=O) groups excluding carboxylic acids is 1. The number of aromatic nitrogens is 3. The number of aryl methyl sites for hydroxylation is 1. The van der Waals surface area contributed by atoms with Gasteiger partial charge >= 0.3 is 0 Å². The normalized spacial score (nSPS) is 10.9. The van der Waals surface area contributed by atoms with Gasteiger partial charge in [-0.15, -0.1) is 5.10 Å². The van der Waals surface area contributed by atoms with E-state index in [1.54, 1.807) is 35.1 Å². The predicted octanol–water partition coefficient (Wildman–Crippen LogP) is 3.76. The van der Waals surface area contributed by atoms with Crippen LogP contribution in [0.1, 0.15) is 27.2 Å². The molecule has 0 aliphatic carbocycles. The predicted molar refractivity (Wildman–Crippen MR) is 99.5 cm³/mol. The van der Waals surface area contributed by atoms with Gasteiger partial charge in [0.05, 0.1) is 22.6 Å². The van der Waals surface area contributed by atoms with Crippen molar-refractivity contribution in [3.63, 3.8) is 0 Å². The molecule has 0 fully saturated rings. The maximum Gasteiger partial charge on any atom is 0.194 e. The fourth-order valence-electron chi connectivity index (χ4n) is 2.47. The highest BCUT2D eigenvalue weighted by molar-refractivity contribution is 9.10. The molecule has 128 valence electrons. The maximum atomic E-state index is 12.9. The van der Waals surface area contributed by atoms with Crippen molar-refractivity contribution in [2.45, 2.75) is 13.3 Å². The SMILES string of the molecule is Cc1ccc(-n2cc(CCO)nn2)cc1C(=O)c1ccc(Br)cc1Cl. The Morgan fingerprint density at radius 2 is 2.04 bits per heavy atom. The summed E-state index contributed by atoms with van der Waals surface area (Å²) in [6.07, 6.45) is 2.17. The van der Waals surface area contributed by atoms with E-state index in [0.29, 0.717) is 28.3 Å². The van der Waals surface area contributed by atoms with Crippen molar-refractivity contribution >= 4 is 33.3 Å². The maximum absolute atomic E-state index is 12.9. The van der Waals surface area contributed by atoms with Crippen LogP contribution >= 0.6 is 27.5 Å². The van der Waals surface area contributed by atoms with Gasteiger partial charge in [-0.1, -0.05) is 38.8 Å². The largest absolute Gasteiger partial charge is 0.396 e. The third-order valence-corrected chi connectivity index (χ3v) is 4.62. The molecule has 0 saturated carbocycles. The average Bonchev–Trinajstić information content (AvgIpc) is 3.04. The standard InChI is InChI=1S/C18H15BrClN3O2/c1-11-2-4-14(23-10-13(6-7-24)21-22-23)9-16(11)18(25)15-5-3-12(19)8-17(15)20/h2-5,8-10,24H,6-7H2,1H3. The van der Waals surface area contributed by atoms with Crippen LogP contribution in [-0.2, 0) is 6.42 Å². The van der Waals surface area contributed by atoms with Crippen molar-refractivity contribution in [2.75, 3.05) is 6.61 Å². The molecular formula is C18H15BrClN3O2. The van der Waals surface area contributed by atoms with Crippen LogP contribution < -0.4 is 0 Å². The number of aliphatic hydroxyl groups is 1. The van der Waals surface area contributed by atoms with Crippen LogP contribution in [0.15, 0.2) is 47.1 Å². The van der Waals surface area contributed by atoms with Gasteiger partial charge in [0, 0.05) is 28.6 Å². The number of benzene rings is 2. The summed E-state index contributed by atoms with van der Waals surface area (Å²) in [5, 5.41) is 17.4. The van der Waals surface area contributed by atoms with Gasteiger partial charge in [0.1, 0.15) is 0 Å². The highest BCUT2D eigenvalue weighted by Gasteiger charge is 2.16. The molecule has 1 heterocycles. The highest BCUT2D eigenvalue weighted by atomic mass is 79.9. The number of hydrogen-bond donors (Lipinski definition) is 1. The first kappa shape index (κ1) is 17.8. The molecule has 0 aliphatic rings. The molecule has 5 nitrogen and oxygen atoms in total. The molecule has 1 aromatic heterocycles. The molecule has 3 rings (SSSR count). The fourth-order valence-corrected chi connectivity index (χ4v) is 3.23. The summed E-state index contributed by atoms with van der Waals surface area (Å²) in [6, 6.07) is 10.7. The van der Waals surface area contributed by atoms with Crippen LogP contribution in [0.3, 0.4) is 0 Å². The molecule has 2 aromatic carbocycles. The van der Waals surface area contributed by atoms with Crippen molar-refractivity contribution in [2.24, 2.45) is 0 Å². The number of halogens is 2. The Labute approximate surface area is 158 Å². The lowest BCUT2D eigenvalue weighted by Gasteiger charge is -2.09. The van der Waals surface area contributed by atoms with Gasteiger partial charge < -0.3 is 5.11 Å². The van der Waals surface area contributed by atoms with E-state index in [9.17, 15) is 4.79 Å². The molecule has 0 aliphatic heterocycles. The second-order valence-corrected chi connectivity index (χ2v) is 6.90. The summed E-state index contributed by atoms with van der Waals surface area (Å²) in [7, 11) is 0. The third kappa shape index (κ3) is 3.81. The monoisotopic (exact) mass is 419 g/mol. The summed E-state index contributed by atoms with van der Waals surface area (Å²) < 4.78 is 2.41. The van der Waals surface area contributed by atoms with E-state index in [1.807, 2.05) is 19.1 Å². The first-order valence-electron chi connectivity index (χ1n) is 7.62. The molecule has 0 radical (unpaired) electrons. The molecule has 0 amide bonds. The van der Waals surface area contributed by atoms with Crippen molar-refractivity contribution in [3.8, 4) is 5.69 Å². The van der Waals surface area contributed by atoms with E-state index in [0.717, 1.165) is 15.7 Å². The number of nitrogens with zero attached hydrogens (tertiary/aromatic N) is 3.